The molecule has 132 valence electrons. The van der Waals surface area contributed by atoms with Gasteiger partial charge in [0.15, 0.2) is 0 Å². The molecule has 1 saturated carbocycles. The molecule has 0 N–H and O–H groups in total. The third-order valence-corrected chi connectivity index (χ3v) is 6.06. The summed E-state index contributed by atoms with van der Waals surface area (Å²) in [6, 6.07) is 9.94. The van der Waals surface area contributed by atoms with Crippen LogP contribution in [0, 0.1) is 11.8 Å². The second-order valence-electron chi connectivity index (χ2n) is 5.67. The van der Waals surface area contributed by atoms with Crippen molar-refractivity contribution in [3.05, 3.63) is 30.3 Å². The van der Waals surface area contributed by atoms with Gasteiger partial charge in [-0.05, 0) is 38.8 Å². The molecular formula is C18H23ClO4S. The first-order chi connectivity index (χ1) is 11.6. The molecule has 0 saturated heterocycles. The van der Waals surface area contributed by atoms with Gasteiger partial charge in [-0.2, -0.15) is 0 Å². The molecule has 1 aromatic rings. The summed E-state index contributed by atoms with van der Waals surface area (Å²) in [4.78, 5) is 25.7. The minimum absolute atomic E-state index is 0.0501. The van der Waals surface area contributed by atoms with Crippen molar-refractivity contribution in [2.24, 2.45) is 11.8 Å². The molecule has 0 heterocycles. The van der Waals surface area contributed by atoms with Crippen LogP contribution in [0.15, 0.2) is 35.2 Å². The number of hydrogen-bond donors (Lipinski definition) is 0. The molecule has 0 bridgehead atoms. The predicted octanol–water partition coefficient (Wildman–Crippen LogP) is 3.91. The first-order valence-electron chi connectivity index (χ1n) is 8.25. The standard InChI is InChI=1S/C18H23ClO4S/c1-3-22-17(20)13-10-15(19)16(11-14(13)18(21)23-4-2)24-12-8-6-5-7-9-12/h5-9,13-16H,3-4,10-11H2,1-2H3/t13-,14-,15+,16-/m0/s1. The average Bonchev–Trinajstić information content (AvgIpc) is 2.57. The molecule has 1 aliphatic rings. The maximum atomic E-state index is 12.3. The summed E-state index contributed by atoms with van der Waals surface area (Å²) in [5.74, 6) is -1.72. The molecule has 0 unspecified atom stereocenters. The van der Waals surface area contributed by atoms with Crippen LogP contribution in [0.2, 0.25) is 0 Å². The summed E-state index contributed by atoms with van der Waals surface area (Å²) in [6.45, 7) is 4.11. The molecule has 24 heavy (non-hydrogen) atoms. The molecule has 6 heteroatoms. The van der Waals surface area contributed by atoms with E-state index in [0.29, 0.717) is 26.1 Å². The summed E-state index contributed by atoms with van der Waals surface area (Å²) >= 11 is 8.19. The Labute approximate surface area is 152 Å². The van der Waals surface area contributed by atoms with Gasteiger partial charge >= 0.3 is 11.9 Å². The number of carbonyl (C=O) groups excluding carboxylic acids is 2. The van der Waals surface area contributed by atoms with Crippen LogP contribution in [0.3, 0.4) is 0 Å². The molecule has 4 atom stereocenters. The minimum atomic E-state index is -0.529. The van der Waals surface area contributed by atoms with Gasteiger partial charge in [0.25, 0.3) is 0 Å². The molecule has 2 rings (SSSR count). The highest BCUT2D eigenvalue weighted by Crippen LogP contribution is 2.42. The van der Waals surface area contributed by atoms with E-state index in [9.17, 15) is 9.59 Å². The molecule has 1 aromatic carbocycles. The van der Waals surface area contributed by atoms with E-state index in [1.54, 1.807) is 25.6 Å². The SMILES string of the molecule is CCOC(=O)[C@H]1C[C@@H](Cl)[C@@H](Sc2ccccc2)C[C@@H]1C(=O)OCC. The monoisotopic (exact) mass is 370 g/mol. The Kier molecular flexibility index (Phi) is 7.43. The van der Waals surface area contributed by atoms with Gasteiger partial charge in [0.2, 0.25) is 0 Å². The van der Waals surface area contributed by atoms with Crippen molar-refractivity contribution in [2.45, 2.75) is 42.2 Å². The molecule has 1 aliphatic carbocycles. The lowest BCUT2D eigenvalue weighted by atomic mass is 9.78. The molecular weight excluding hydrogens is 348 g/mol. The molecule has 0 amide bonds. The Morgan fingerprint density at radius 2 is 1.58 bits per heavy atom. The van der Waals surface area contributed by atoms with E-state index in [1.807, 2.05) is 30.3 Å². The third-order valence-electron chi connectivity index (χ3n) is 4.06. The fraction of sp³-hybridized carbons (Fsp3) is 0.556. The fourth-order valence-electron chi connectivity index (χ4n) is 2.94. The summed E-state index contributed by atoms with van der Waals surface area (Å²) in [6.07, 6.45) is 0.935. The van der Waals surface area contributed by atoms with E-state index in [4.69, 9.17) is 21.1 Å². The van der Waals surface area contributed by atoms with E-state index in [2.05, 4.69) is 0 Å². The molecule has 1 fully saturated rings. The summed E-state index contributed by atoms with van der Waals surface area (Å²) in [7, 11) is 0. The lowest BCUT2D eigenvalue weighted by molar-refractivity contribution is -0.162. The highest BCUT2D eigenvalue weighted by atomic mass is 35.5. The Morgan fingerprint density at radius 3 is 2.12 bits per heavy atom. The van der Waals surface area contributed by atoms with Gasteiger partial charge in [0, 0.05) is 15.5 Å². The van der Waals surface area contributed by atoms with Crippen LogP contribution in [0.1, 0.15) is 26.7 Å². The fourth-order valence-corrected chi connectivity index (χ4v) is 4.61. The average molecular weight is 371 g/mol. The number of hydrogen-bond acceptors (Lipinski definition) is 5. The van der Waals surface area contributed by atoms with Gasteiger partial charge in [-0.3, -0.25) is 9.59 Å². The van der Waals surface area contributed by atoms with Gasteiger partial charge in [-0.1, -0.05) is 18.2 Å². The number of alkyl halides is 1. The molecule has 0 spiro atoms. The van der Waals surface area contributed by atoms with E-state index >= 15 is 0 Å². The van der Waals surface area contributed by atoms with Crippen LogP contribution in [-0.4, -0.2) is 35.8 Å². The van der Waals surface area contributed by atoms with Crippen molar-refractivity contribution in [2.75, 3.05) is 13.2 Å². The zero-order valence-electron chi connectivity index (χ0n) is 13.9. The second kappa shape index (κ2) is 9.33. The van der Waals surface area contributed by atoms with E-state index in [1.165, 1.54) is 0 Å². The van der Waals surface area contributed by atoms with Gasteiger partial charge < -0.3 is 9.47 Å². The number of benzene rings is 1. The Morgan fingerprint density at radius 1 is 1.04 bits per heavy atom. The number of thioether (sulfide) groups is 1. The molecule has 0 radical (unpaired) electrons. The third kappa shape index (κ3) is 4.90. The maximum Gasteiger partial charge on any atom is 0.309 e. The zero-order chi connectivity index (χ0) is 17.5. The number of esters is 2. The van der Waals surface area contributed by atoms with Gasteiger partial charge in [0.05, 0.1) is 25.0 Å². The normalized spacial score (nSPS) is 26.6. The zero-order valence-corrected chi connectivity index (χ0v) is 15.5. The smallest absolute Gasteiger partial charge is 0.309 e. The van der Waals surface area contributed by atoms with Crippen LogP contribution in [0.4, 0.5) is 0 Å². The van der Waals surface area contributed by atoms with Crippen molar-refractivity contribution < 1.29 is 19.1 Å². The number of rotatable bonds is 6. The Hall–Kier alpha value is -1.20. The molecule has 4 nitrogen and oxygen atoms in total. The van der Waals surface area contributed by atoms with Gasteiger partial charge in [-0.25, -0.2) is 0 Å². The van der Waals surface area contributed by atoms with Crippen molar-refractivity contribution >= 4 is 35.3 Å². The number of ether oxygens (including phenoxy) is 2. The topological polar surface area (TPSA) is 52.6 Å². The Balaban J connectivity index is 2.14. The second-order valence-corrected chi connectivity index (χ2v) is 7.55. The summed E-state index contributed by atoms with van der Waals surface area (Å²) in [5.41, 5.74) is 0. The molecule has 0 aromatic heterocycles. The largest absolute Gasteiger partial charge is 0.466 e. The van der Waals surface area contributed by atoms with Gasteiger partial charge in [0.1, 0.15) is 0 Å². The van der Waals surface area contributed by atoms with E-state index < -0.39 is 11.8 Å². The van der Waals surface area contributed by atoms with Crippen molar-refractivity contribution in [1.82, 2.24) is 0 Å². The lowest BCUT2D eigenvalue weighted by Crippen LogP contribution is -2.43. The van der Waals surface area contributed by atoms with Crippen LogP contribution >= 0.6 is 23.4 Å². The van der Waals surface area contributed by atoms with E-state index in [-0.39, 0.29) is 22.6 Å². The van der Waals surface area contributed by atoms with Crippen molar-refractivity contribution in [3.63, 3.8) is 0 Å². The van der Waals surface area contributed by atoms with Gasteiger partial charge in [-0.15, -0.1) is 23.4 Å². The first kappa shape index (κ1) is 19.1. The van der Waals surface area contributed by atoms with Crippen LogP contribution in [0.25, 0.3) is 0 Å². The van der Waals surface area contributed by atoms with Crippen LogP contribution in [0.5, 0.6) is 0 Å². The first-order valence-corrected chi connectivity index (χ1v) is 9.57. The predicted molar refractivity (Wildman–Crippen MR) is 95.2 cm³/mol. The molecule has 0 aliphatic heterocycles. The maximum absolute atomic E-state index is 12.3. The highest BCUT2D eigenvalue weighted by Gasteiger charge is 2.45. The summed E-state index contributed by atoms with van der Waals surface area (Å²) < 4.78 is 10.3. The number of halogens is 1. The lowest BCUT2D eigenvalue weighted by Gasteiger charge is -2.36. The van der Waals surface area contributed by atoms with Crippen molar-refractivity contribution in [3.8, 4) is 0 Å². The number of carbonyl (C=O) groups is 2. The minimum Gasteiger partial charge on any atom is -0.466 e. The van der Waals surface area contributed by atoms with E-state index in [0.717, 1.165) is 4.90 Å². The van der Waals surface area contributed by atoms with Crippen molar-refractivity contribution in [1.29, 1.82) is 0 Å². The highest BCUT2D eigenvalue weighted by molar-refractivity contribution is 8.00. The van der Waals surface area contributed by atoms with Crippen LogP contribution in [-0.2, 0) is 19.1 Å². The quantitative estimate of drug-likeness (QED) is 0.561. The summed E-state index contributed by atoms with van der Waals surface area (Å²) in [5, 5.41) is -0.149. The Bertz CT molecular complexity index is 551. The van der Waals surface area contributed by atoms with Crippen LogP contribution < -0.4 is 0 Å².